The highest BCUT2D eigenvalue weighted by molar-refractivity contribution is 5.78. The van der Waals surface area contributed by atoms with Crippen molar-refractivity contribution in [3.63, 3.8) is 0 Å². The minimum atomic E-state index is -0.565. The standard InChI is InChI=1S/C10H15N3O2/c1-10(2,3)15-9(14)13-12-7-8-5-4-6-11-8/h4-7,11H,1-3H3,(H,13,14)/b12-7+. The van der Waals surface area contributed by atoms with Crippen molar-refractivity contribution in [1.29, 1.82) is 0 Å². The fourth-order valence-electron chi connectivity index (χ4n) is 0.880. The molecule has 0 spiro atoms. The molecule has 0 aromatic carbocycles. The second-order valence-corrected chi connectivity index (χ2v) is 4.00. The van der Waals surface area contributed by atoms with Crippen LogP contribution < -0.4 is 5.43 Å². The number of H-pyrrole nitrogens is 1. The molecule has 0 saturated carbocycles. The summed E-state index contributed by atoms with van der Waals surface area (Å²) < 4.78 is 4.98. The van der Waals surface area contributed by atoms with Gasteiger partial charge in [0.25, 0.3) is 0 Å². The number of hydrazone groups is 1. The number of carbonyl (C=O) groups excluding carboxylic acids is 1. The molecule has 0 aliphatic carbocycles. The zero-order valence-electron chi connectivity index (χ0n) is 9.07. The Balaban J connectivity index is 2.35. The van der Waals surface area contributed by atoms with Crippen LogP contribution >= 0.6 is 0 Å². The molecule has 15 heavy (non-hydrogen) atoms. The van der Waals surface area contributed by atoms with Gasteiger partial charge < -0.3 is 9.72 Å². The molecule has 0 unspecified atom stereocenters. The minimum Gasteiger partial charge on any atom is -0.443 e. The van der Waals surface area contributed by atoms with Crippen LogP contribution in [0.5, 0.6) is 0 Å². The van der Waals surface area contributed by atoms with Gasteiger partial charge in [-0.1, -0.05) is 0 Å². The van der Waals surface area contributed by atoms with Gasteiger partial charge in [0.1, 0.15) is 5.60 Å². The summed E-state index contributed by atoms with van der Waals surface area (Å²) in [4.78, 5) is 14.0. The monoisotopic (exact) mass is 209 g/mol. The first-order valence-corrected chi connectivity index (χ1v) is 4.63. The molecule has 1 rings (SSSR count). The Labute approximate surface area is 88.5 Å². The summed E-state index contributed by atoms with van der Waals surface area (Å²) >= 11 is 0. The third kappa shape index (κ3) is 4.85. The highest BCUT2D eigenvalue weighted by Gasteiger charge is 2.15. The van der Waals surface area contributed by atoms with E-state index in [0.717, 1.165) is 5.69 Å². The summed E-state index contributed by atoms with van der Waals surface area (Å²) in [5.74, 6) is 0. The van der Waals surface area contributed by atoms with Crippen LogP contribution in [0.1, 0.15) is 26.5 Å². The fourth-order valence-corrected chi connectivity index (χ4v) is 0.880. The van der Waals surface area contributed by atoms with Gasteiger partial charge >= 0.3 is 6.09 Å². The van der Waals surface area contributed by atoms with Crippen molar-refractivity contribution in [2.24, 2.45) is 5.10 Å². The van der Waals surface area contributed by atoms with Gasteiger partial charge in [-0.15, -0.1) is 0 Å². The summed E-state index contributed by atoms with van der Waals surface area (Å²) in [6.07, 6.45) is 2.71. The largest absolute Gasteiger partial charge is 0.443 e. The lowest BCUT2D eigenvalue weighted by Crippen LogP contribution is -2.29. The molecule has 0 radical (unpaired) electrons. The highest BCUT2D eigenvalue weighted by Crippen LogP contribution is 2.06. The van der Waals surface area contributed by atoms with E-state index in [2.05, 4.69) is 15.5 Å². The summed E-state index contributed by atoms with van der Waals surface area (Å²) in [5.41, 5.74) is 2.57. The summed E-state index contributed by atoms with van der Waals surface area (Å²) in [6.45, 7) is 5.38. The topological polar surface area (TPSA) is 66.5 Å². The van der Waals surface area contributed by atoms with Gasteiger partial charge in [-0.3, -0.25) is 0 Å². The van der Waals surface area contributed by atoms with Gasteiger partial charge in [0.2, 0.25) is 0 Å². The van der Waals surface area contributed by atoms with Crippen LogP contribution in [-0.2, 0) is 4.74 Å². The molecule has 0 atom stereocenters. The van der Waals surface area contributed by atoms with Gasteiger partial charge in [0.15, 0.2) is 0 Å². The van der Waals surface area contributed by atoms with Crippen molar-refractivity contribution in [2.75, 3.05) is 0 Å². The van der Waals surface area contributed by atoms with E-state index in [9.17, 15) is 4.79 Å². The lowest BCUT2D eigenvalue weighted by molar-refractivity contribution is 0.0529. The summed E-state index contributed by atoms with van der Waals surface area (Å²) in [7, 11) is 0. The number of amides is 1. The SMILES string of the molecule is CC(C)(C)OC(=O)N/N=C/c1ccc[nH]1. The quantitative estimate of drug-likeness (QED) is 0.576. The summed E-state index contributed by atoms with van der Waals surface area (Å²) in [5, 5.41) is 3.72. The molecular formula is C10H15N3O2. The zero-order chi connectivity index (χ0) is 11.3. The average molecular weight is 209 g/mol. The van der Waals surface area contributed by atoms with Gasteiger partial charge in [0.05, 0.1) is 11.9 Å². The molecule has 1 amide bonds. The molecule has 1 aromatic rings. The number of nitrogens with one attached hydrogen (secondary N) is 2. The van der Waals surface area contributed by atoms with E-state index in [4.69, 9.17) is 4.74 Å². The molecule has 0 aliphatic rings. The third-order valence-electron chi connectivity index (χ3n) is 1.38. The molecule has 0 aliphatic heterocycles. The van der Waals surface area contributed by atoms with Crippen molar-refractivity contribution < 1.29 is 9.53 Å². The first-order valence-electron chi connectivity index (χ1n) is 4.63. The average Bonchev–Trinajstić information content (AvgIpc) is 2.53. The van der Waals surface area contributed by atoms with Crippen molar-refractivity contribution in [2.45, 2.75) is 26.4 Å². The van der Waals surface area contributed by atoms with Crippen LogP contribution in [-0.4, -0.2) is 22.9 Å². The van der Waals surface area contributed by atoms with E-state index in [1.807, 2.05) is 12.1 Å². The molecule has 1 heterocycles. The molecule has 0 saturated heterocycles. The predicted molar refractivity (Wildman–Crippen MR) is 57.8 cm³/mol. The highest BCUT2D eigenvalue weighted by atomic mass is 16.6. The van der Waals surface area contributed by atoms with Crippen molar-refractivity contribution in [1.82, 2.24) is 10.4 Å². The summed E-state index contributed by atoms with van der Waals surface area (Å²) in [6, 6.07) is 3.68. The Hall–Kier alpha value is -1.78. The molecule has 5 nitrogen and oxygen atoms in total. The number of hydrogen-bond acceptors (Lipinski definition) is 3. The normalized spacial score (nSPS) is 11.7. The van der Waals surface area contributed by atoms with Gasteiger partial charge in [-0.05, 0) is 32.9 Å². The number of aromatic nitrogens is 1. The van der Waals surface area contributed by atoms with Crippen molar-refractivity contribution >= 4 is 12.3 Å². The van der Waals surface area contributed by atoms with Crippen LogP contribution in [0.25, 0.3) is 0 Å². The number of carbonyl (C=O) groups is 1. The molecule has 1 aromatic heterocycles. The van der Waals surface area contributed by atoms with E-state index in [-0.39, 0.29) is 0 Å². The number of ether oxygens (including phenoxy) is 1. The maximum Gasteiger partial charge on any atom is 0.428 e. The van der Waals surface area contributed by atoms with Crippen LogP contribution in [0.15, 0.2) is 23.4 Å². The van der Waals surface area contributed by atoms with E-state index in [0.29, 0.717) is 0 Å². The molecular weight excluding hydrogens is 194 g/mol. The van der Waals surface area contributed by atoms with E-state index in [1.165, 1.54) is 6.21 Å². The number of aromatic amines is 1. The Morgan fingerprint density at radius 1 is 1.60 bits per heavy atom. The number of rotatable bonds is 2. The Morgan fingerprint density at radius 3 is 2.87 bits per heavy atom. The molecule has 82 valence electrons. The molecule has 0 bridgehead atoms. The van der Waals surface area contributed by atoms with Crippen LogP contribution in [0.4, 0.5) is 4.79 Å². The van der Waals surface area contributed by atoms with Crippen LogP contribution in [0.3, 0.4) is 0 Å². The van der Waals surface area contributed by atoms with Gasteiger partial charge in [0, 0.05) is 6.20 Å². The smallest absolute Gasteiger partial charge is 0.428 e. The first-order chi connectivity index (χ1) is 6.97. The van der Waals surface area contributed by atoms with Crippen LogP contribution in [0, 0.1) is 0 Å². The lowest BCUT2D eigenvalue weighted by Gasteiger charge is -2.18. The van der Waals surface area contributed by atoms with Crippen molar-refractivity contribution in [3.05, 3.63) is 24.0 Å². The van der Waals surface area contributed by atoms with Gasteiger partial charge in [-0.25, -0.2) is 10.2 Å². The van der Waals surface area contributed by atoms with E-state index >= 15 is 0 Å². The minimum absolute atomic E-state index is 0.508. The van der Waals surface area contributed by atoms with E-state index in [1.54, 1.807) is 27.0 Å². The number of hydrogen-bond donors (Lipinski definition) is 2. The molecule has 0 fully saturated rings. The third-order valence-corrected chi connectivity index (χ3v) is 1.38. The Kier molecular flexibility index (Phi) is 3.49. The van der Waals surface area contributed by atoms with Crippen LogP contribution in [0.2, 0.25) is 0 Å². The maximum atomic E-state index is 11.1. The Morgan fingerprint density at radius 2 is 2.33 bits per heavy atom. The second kappa shape index (κ2) is 4.63. The maximum absolute atomic E-state index is 11.1. The predicted octanol–water partition coefficient (Wildman–Crippen LogP) is 1.87. The van der Waals surface area contributed by atoms with Gasteiger partial charge in [-0.2, -0.15) is 5.10 Å². The molecule has 2 N–H and O–H groups in total. The number of nitrogens with zero attached hydrogens (tertiary/aromatic N) is 1. The second-order valence-electron chi connectivity index (χ2n) is 4.00. The van der Waals surface area contributed by atoms with Crippen molar-refractivity contribution in [3.8, 4) is 0 Å². The first kappa shape index (κ1) is 11.3. The molecule has 5 heteroatoms. The zero-order valence-corrected chi connectivity index (χ0v) is 9.07. The Bertz CT molecular complexity index is 336. The van der Waals surface area contributed by atoms with E-state index < -0.39 is 11.7 Å². The lowest BCUT2D eigenvalue weighted by atomic mass is 10.2. The fraction of sp³-hybridized carbons (Fsp3) is 0.400.